The predicted octanol–water partition coefficient (Wildman–Crippen LogP) is 1.98. The van der Waals surface area contributed by atoms with E-state index in [-0.39, 0.29) is 6.04 Å². The lowest BCUT2D eigenvalue weighted by molar-refractivity contribution is 0.474. The zero-order valence-corrected chi connectivity index (χ0v) is 10.1. The summed E-state index contributed by atoms with van der Waals surface area (Å²) in [6.45, 7) is 2.88. The van der Waals surface area contributed by atoms with Gasteiger partial charge in [-0.2, -0.15) is 5.10 Å². The second-order valence-corrected chi connectivity index (χ2v) is 4.15. The van der Waals surface area contributed by atoms with Crippen LogP contribution in [0.15, 0.2) is 36.5 Å². The molecule has 0 fully saturated rings. The lowest BCUT2D eigenvalue weighted by Crippen LogP contribution is -2.20. The molecular formula is C13H17N3O. The monoisotopic (exact) mass is 231 g/mol. The lowest BCUT2D eigenvalue weighted by atomic mass is 10.2. The maximum absolute atomic E-state index is 9.19. The highest BCUT2D eigenvalue weighted by atomic mass is 16.3. The summed E-state index contributed by atoms with van der Waals surface area (Å²) in [6, 6.07) is 9.49. The molecule has 2 aromatic rings. The number of nitrogens with zero attached hydrogens (tertiary/aromatic N) is 2. The molecule has 2 rings (SSSR count). The number of phenolic OH excluding ortho intramolecular Hbond substituents is 1. The van der Waals surface area contributed by atoms with Crippen molar-refractivity contribution in [2.75, 3.05) is 0 Å². The SMILES string of the molecule is CC(NCc1ccc(O)cc1)c1ccnn1C. The number of aryl methyl sites for hydroxylation is 1. The predicted molar refractivity (Wildman–Crippen MR) is 66.6 cm³/mol. The quantitative estimate of drug-likeness (QED) is 0.846. The van der Waals surface area contributed by atoms with E-state index in [9.17, 15) is 5.11 Å². The van der Waals surface area contributed by atoms with Crippen molar-refractivity contribution in [1.29, 1.82) is 0 Å². The first-order valence-electron chi connectivity index (χ1n) is 5.66. The number of aromatic nitrogens is 2. The third kappa shape index (κ3) is 2.85. The Balaban J connectivity index is 1.94. The molecule has 0 bridgehead atoms. The van der Waals surface area contributed by atoms with Crippen molar-refractivity contribution >= 4 is 0 Å². The molecule has 90 valence electrons. The number of benzene rings is 1. The van der Waals surface area contributed by atoms with Gasteiger partial charge in [-0.25, -0.2) is 0 Å². The van der Waals surface area contributed by atoms with Crippen molar-refractivity contribution in [3.05, 3.63) is 47.8 Å². The minimum absolute atomic E-state index is 0.247. The van der Waals surface area contributed by atoms with Crippen molar-refractivity contribution in [3.8, 4) is 5.75 Å². The van der Waals surface area contributed by atoms with Crippen LogP contribution in [0.1, 0.15) is 24.2 Å². The molecule has 1 aromatic heterocycles. The van der Waals surface area contributed by atoms with E-state index in [4.69, 9.17) is 0 Å². The maximum atomic E-state index is 9.19. The van der Waals surface area contributed by atoms with Crippen LogP contribution in [0.25, 0.3) is 0 Å². The van der Waals surface area contributed by atoms with Gasteiger partial charge in [-0.05, 0) is 30.7 Å². The summed E-state index contributed by atoms with van der Waals surface area (Å²) >= 11 is 0. The number of nitrogens with one attached hydrogen (secondary N) is 1. The summed E-state index contributed by atoms with van der Waals surface area (Å²) in [5, 5.41) is 16.8. The third-order valence-electron chi connectivity index (χ3n) is 2.85. The van der Waals surface area contributed by atoms with Gasteiger partial charge in [-0.15, -0.1) is 0 Å². The van der Waals surface area contributed by atoms with Crippen LogP contribution in [0, 0.1) is 0 Å². The Morgan fingerprint density at radius 2 is 2.00 bits per heavy atom. The van der Waals surface area contributed by atoms with Gasteiger partial charge in [0.1, 0.15) is 5.75 Å². The molecule has 0 radical (unpaired) electrons. The van der Waals surface area contributed by atoms with Crippen LogP contribution < -0.4 is 5.32 Å². The Labute approximate surface area is 101 Å². The van der Waals surface area contributed by atoms with E-state index < -0.39 is 0 Å². The molecule has 0 amide bonds. The smallest absolute Gasteiger partial charge is 0.115 e. The molecule has 1 heterocycles. The Morgan fingerprint density at radius 1 is 1.29 bits per heavy atom. The van der Waals surface area contributed by atoms with Gasteiger partial charge in [-0.1, -0.05) is 12.1 Å². The fraction of sp³-hybridized carbons (Fsp3) is 0.308. The minimum Gasteiger partial charge on any atom is -0.508 e. The van der Waals surface area contributed by atoms with Gasteiger partial charge in [-0.3, -0.25) is 4.68 Å². The van der Waals surface area contributed by atoms with Gasteiger partial charge < -0.3 is 10.4 Å². The highest BCUT2D eigenvalue weighted by Crippen LogP contribution is 2.13. The van der Waals surface area contributed by atoms with Gasteiger partial charge in [0, 0.05) is 25.8 Å². The molecule has 1 aromatic carbocycles. The Morgan fingerprint density at radius 3 is 2.59 bits per heavy atom. The zero-order valence-electron chi connectivity index (χ0n) is 10.1. The summed E-state index contributed by atoms with van der Waals surface area (Å²) in [7, 11) is 1.94. The summed E-state index contributed by atoms with van der Waals surface area (Å²) < 4.78 is 1.87. The molecule has 0 saturated heterocycles. The fourth-order valence-electron chi connectivity index (χ4n) is 1.80. The number of hydrogen-bond donors (Lipinski definition) is 2. The van der Waals surface area contributed by atoms with Crippen molar-refractivity contribution in [2.45, 2.75) is 19.5 Å². The first-order chi connectivity index (χ1) is 8.16. The number of aromatic hydroxyl groups is 1. The molecule has 4 heteroatoms. The van der Waals surface area contributed by atoms with Crippen molar-refractivity contribution in [2.24, 2.45) is 7.05 Å². The van der Waals surface area contributed by atoms with E-state index in [1.54, 1.807) is 18.3 Å². The second kappa shape index (κ2) is 5.01. The average molecular weight is 231 g/mol. The number of rotatable bonds is 4. The molecule has 4 nitrogen and oxygen atoms in total. The Bertz CT molecular complexity index is 476. The van der Waals surface area contributed by atoms with Gasteiger partial charge in [0.15, 0.2) is 0 Å². The van der Waals surface area contributed by atoms with E-state index >= 15 is 0 Å². The molecule has 0 aliphatic heterocycles. The summed E-state index contributed by atoms with van der Waals surface area (Å²) in [6.07, 6.45) is 1.80. The Hall–Kier alpha value is -1.81. The van der Waals surface area contributed by atoms with Gasteiger partial charge >= 0.3 is 0 Å². The van der Waals surface area contributed by atoms with Crippen LogP contribution in [0.3, 0.4) is 0 Å². The second-order valence-electron chi connectivity index (χ2n) is 4.15. The largest absolute Gasteiger partial charge is 0.508 e. The van der Waals surface area contributed by atoms with Crippen molar-refractivity contribution in [1.82, 2.24) is 15.1 Å². The zero-order chi connectivity index (χ0) is 12.3. The van der Waals surface area contributed by atoms with E-state index in [0.29, 0.717) is 5.75 Å². The van der Waals surface area contributed by atoms with Crippen LogP contribution >= 0.6 is 0 Å². The Kier molecular flexibility index (Phi) is 3.44. The molecule has 17 heavy (non-hydrogen) atoms. The van der Waals surface area contributed by atoms with Crippen LogP contribution in [0.5, 0.6) is 5.75 Å². The molecule has 0 spiro atoms. The lowest BCUT2D eigenvalue weighted by Gasteiger charge is -2.14. The van der Waals surface area contributed by atoms with Gasteiger partial charge in [0.2, 0.25) is 0 Å². The van der Waals surface area contributed by atoms with E-state index in [0.717, 1.165) is 17.8 Å². The summed E-state index contributed by atoms with van der Waals surface area (Å²) in [5.41, 5.74) is 2.31. The molecule has 0 saturated carbocycles. The molecule has 0 aliphatic carbocycles. The minimum atomic E-state index is 0.247. The first kappa shape index (κ1) is 11.7. The van der Waals surface area contributed by atoms with Gasteiger partial charge in [0.25, 0.3) is 0 Å². The highest BCUT2D eigenvalue weighted by molar-refractivity contribution is 5.25. The molecule has 2 N–H and O–H groups in total. The molecule has 1 unspecified atom stereocenters. The maximum Gasteiger partial charge on any atom is 0.115 e. The van der Waals surface area contributed by atoms with Crippen LogP contribution in [0.2, 0.25) is 0 Å². The molecular weight excluding hydrogens is 214 g/mol. The summed E-state index contributed by atoms with van der Waals surface area (Å²) in [4.78, 5) is 0. The number of hydrogen-bond acceptors (Lipinski definition) is 3. The standard InChI is InChI=1S/C13H17N3O/c1-10(13-7-8-15-16(13)2)14-9-11-3-5-12(17)6-4-11/h3-8,10,14,17H,9H2,1-2H3. The van der Waals surface area contributed by atoms with Crippen LogP contribution in [0.4, 0.5) is 0 Å². The van der Waals surface area contributed by atoms with E-state index in [1.165, 1.54) is 0 Å². The first-order valence-corrected chi connectivity index (χ1v) is 5.66. The van der Waals surface area contributed by atoms with E-state index in [2.05, 4.69) is 17.3 Å². The van der Waals surface area contributed by atoms with Crippen LogP contribution in [-0.2, 0) is 13.6 Å². The number of phenols is 1. The molecule has 0 aliphatic rings. The fourth-order valence-corrected chi connectivity index (χ4v) is 1.80. The van der Waals surface area contributed by atoms with Crippen LogP contribution in [-0.4, -0.2) is 14.9 Å². The average Bonchev–Trinajstić information content (AvgIpc) is 2.74. The highest BCUT2D eigenvalue weighted by Gasteiger charge is 2.08. The van der Waals surface area contributed by atoms with Crippen molar-refractivity contribution < 1.29 is 5.11 Å². The third-order valence-corrected chi connectivity index (χ3v) is 2.85. The topological polar surface area (TPSA) is 50.1 Å². The summed E-state index contributed by atoms with van der Waals surface area (Å²) in [5.74, 6) is 0.299. The van der Waals surface area contributed by atoms with E-state index in [1.807, 2.05) is 29.9 Å². The van der Waals surface area contributed by atoms with Crippen molar-refractivity contribution in [3.63, 3.8) is 0 Å². The van der Waals surface area contributed by atoms with Gasteiger partial charge in [0.05, 0.1) is 5.69 Å². The molecule has 1 atom stereocenters. The normalized spacial score (nSPS) is 12.6.